The van der Waals surface area contributed by atoms with Crippen molar-refractivity contribution < 1.29 is 80.2 Å². The zero-order valence-corrected chi connectivity index (χ0v) is 52.3. The Balaban J connectivity index is 5.15. The van der Waals surface area contributed by atoms with Gasteiger partial charge < -0.3 is 33.8 Å². The molecule has 0 aliphatic rings. The molecular formula is C60H116O17P2. The highest BCUT2D eigenvalue weighted by Gasteiger charge is 2.30. The van der Waals surface area contributed by atoms with E-state index in [0.29, 0.717) is 31.6 Å². The number of aliphatic hydroxyl groups excluding tert-OH is 1. The number of ether oxygens (including phenoxy) is 4. The fourth-order valence-corrected chi connectivity index (χ4v) is 10.5. The second kappa shape index (κ2) is 54.0. The van der Waals surface area contributed by atoms with Gasteiger partial charge in [0, 0.05) is 25.7 Å². The molecule has 0 heterocycles. The molecule has 0 amide bonds. The molecule has 0 radical (unpaired) electrons. The number of esters is 4. The average molecular weight is 1170 g/mol. The fraction of sp³-hybridized carbons (Fsp3) is 0.933. The predicted octanol–water partition coefficient (Wildman–Crippen LogP) is 16.2. The van der Waals surface area contributed by atoms with Crippen LogP contribution in [0.15, 0.2) is 0 Å². The molecule has 2 unspecified atom stereocenters. The lowest BCUT2D eigenvalue weighted by Crippen LogP contribution is -2.30. The van der Waals surface area contributed by atoms with Crippen molar-refractivity contribution in [1.82, 2.24) is 0 Å². The Bertz CT molecular complexity index is 1550. The van der Waals surface area contributed by atoms with Crippen LogP contribution in [0.5, 0.6) is 0 Å². The van der Waals surface area contributed by atoms with Crippen LogP contribution < -0.4 is 0 Å². The van der Waals surface area contributed by atoms with Gasteiger partial charge >= 0.3 is 39.5 Å². The first-order chi connectivity index (χ1) is 38.0. The highest BCUT2D eigenvalue weighted by molar-refractivity contribution is 7.47. The molecular weight excluding hydrogens is 1050 g/mol. The summed E-state index contributed by atoms with van der Waals surface area (Å²) < 4.78 is 67.6. The molecule has 17 nitrogen and oxygen atoms in total. The topological polar surface area (TPSA) is 237 Å². The molecule has 0 aliphatic heterocycles. The lowest BCUT2D eigenvalue weighted by Gasteiger charge is -2.21. The number of hydrogen-bond donors (Lipinski definition) is 3. The molecule has 0 saturated heterocycles. The van der Waals surface area contributed by atoms with E-state index >= 15 is 0 Å². The van der Waals surface area contributed by atoms with Crippen LogP contribution in [0.1, 0.15) is 298 Å². The molecule has 79 heavy (non-hydrogen) atoms. The molecule has 0 fully saturated rings. The van der Waals surface area contributed by atoms with E-state index in [9.17, 15) is 43.2 Å². The number of phosphoric ester groups is 2. The molecule has 0 aromatic rings. The Morgan fingerprint density at radius 2 is 0.582 bits per heavy atom. The van der Waals surface area contributed by atoms with Crippen LogP contribution in [0.2, 0.25) is 0 Å². The molecule has 0 aromatic carbocycles. The van der Waals surface area contributed by atoms with Gasteiger partial charge in [0.2, 0.25) is 0 Å². The highest BCUT2D eigenvalue weighted by atomic mass is 31.2. The van der Waals surface area contributed by atoms with Crippen molar-refractivity contribution in [2.24, 2.45) is 5.92 Å². The number of hydrogen-bond acceptors (Lipinski definition) is 15. The maximum atomic E-state index is 12.9. The third-order valence-corrected chi connectivity index (χ3v) is 15.7. The molecule has 0 bridgehead atoms. The summed E-state index contributed by atoms with van der Waals surface area (Å²) in [5.74, 6) is -1.47. The van der Waals surface area contributed by atoms with E-state index in [1.54, 1.807) is 0 Å². The largest absolute Gasteiger partial charge is 0.472 e. The Morgan fingerprint density at radius 3 is 0.861 bits per heavy atom. The number of carbonyl (C=O) groups is 4. The lowest BCUT2D eigenvalue weighted by molar-refractivity contribution is -0.161. The normalized spacial score (nSPS) is 14.3. The second-order valence-electron chi connectivity index (χ2n) is 22.2. The Labute approximate surface area is 479 Å². The second-order valence-corrected chi connectivity index (χ2v) is 25.1. The van der Waals surface area contributed by atoms with Gasteiger partial charge in [-0.2, -0.15) is 0 Å². The van der Waals surface area contributed by atoms with Crippen molar-refractivity contribution in [2.75, 3.05) is 39.6 Å². The van der Waals surface area contributed by atoms with Gasteiger partial charge in [0.25, 0.3) is 0 Å². The van der Waals surface area contributed by atoms with Gasteiger partial charge in [-0.15, -0.1) is 0 Å². The average Bonchev–Trinajstić information content (AvgIpc) is 3.41. The van der Waals surface area contributed by atoms with E-state index in [-0.39, 0.29) is 25.7 Å². The summed E-state index contributed by atoms with van der Waals surface area (Å²) in [5, 5.41) is 10.5. The molecule has 3 N–H and O–H groups in total. The summed E-state index contributed by atoms with van der Waals surface area (Å²) in [6.45, 7) is 7.00. The van der Waals surface area contributed by atoms with Crippen LogP contribution in [0.4, 0.5) is 0 Å². The van der Waals surface area contributed by atoms with E-state index in [0.717, 1.165) is 122 Å². The van der Waals surface area contributed by atoms with Crippen molar-refractivity contribution in [3.8, 4) is 0 Å². The van der Waals surface area contributed by atoms with Gasteiger partial charge in [0.05, 0.1) is 26.4 Å². The van der Waals surface area contributed by atoms with Gasteiger partial charge in [-0.25, -0.2) is 9.13 Å². The summed E-state index contributed by atoms with van der Waals surface area (Å²) in [7, 11) is -9.87. The smallest absolute Gasteiger partial charge is 0.462 e. The zero-order valence-electron chi connectivity index (χ0n) is 50.5. The van der Waals surface area contributed by atoms with Crippen LogP contribution >= 0.6 is 15.6 Å². The molecule has 19 heteroatoms. The maximum absolute atomic E-state index is 12.9. The summed E-state index contributed by atoms with van der Waals surface area (Å²) in [4.78, 5) is 71.7. The molecule has 0 rings (SSSR count). The third-order valence-electron chi connectivity index (χ3n) is 13.8. The lowest BCUT2D eigenvalue weighted by atomic mass is 10.0. The van der Waals surface area contributed by atoms with Crippen LogP contribution in [-0.4, -0.2) is 96.7 Å². The monoisotopic (exact) mass is 1170 g/mol. The predicted molar refractivity (Wildman–Crippen MR) is 312 cm³/mol. The highest BCUT2D eigenvalue weighted by Crippen LogP contribution is 2.45. The van der Waals surface area contributed by atoms with E-state index in [1.807, 2.05) is 0 Å². The Morgan fingerprint density at radius 1 is 0.342 bits per heavy atom. The standard InChI is InChI=1S/C60H116O17P2/c1-6-9-12-15-18-19-20-21-22-23-24-25-26-29-36-41-46-60(65)77-56(50-71-58(63)44-39-34-31-30-32-37-42-53(4)5)52-75-79(68,69)73-48-54(61)47-72-78(66,67)74-51-55(76-59(64)45-40-35-28-17-14-11-8-3)49-70-57(62)43-38-33-27-16-13-10-7-2/h53-56,61H,6-52H2,1-5H3,(H,66,67)(H,68,69)/t54-,55+,56+/m0/s1. The van der Waals surface area contributed by atoms with Crippen LogP contribution in [0.3, 0.4) is 0 Å². The van der Waals surface area contributed by atoms with Gasteiger partial charge in [0.1, 0.15) is 19.3 Å². The Hall–Kier alpha value is -1.94. The van der Waals surface area contributed by atoms with Crippen LogP contribution in [-0.2, 0) is 65.4 Å². The van der Waals surface area contributed by atoms with Crippen molar-refractivity contribution >= 4 is 39.5 Å². The molecule has 468 valence electrons. The Kier molecular flexibility index (Phi) is 52.7. The minimum atomic E-state index is -4.94. The van der Waals surface area contributed by atoms with Gasteiger partial charge in [-0.1, -0.05) is 247 Å². The number of phosphoric acid groups is 2. The molecule has 0 saturated carbocycles. The van der Waals surface area contributed by atoms with E-state index in [4.69, 9.17) is 37.0 Å². The van der Waals surface area contributed by atoms with E-state index < -0.39 is 97.5 Å². The number of unbranched alkanes of at least 4 members (excludes halogenated alkanes) is 32. The first-order valence-electron chi connectivity index (χ1n) is 31.6. The molecule has 0 spiro atoms. The summed E-state index contributed by atoms with van der Waals surface area (Å²) in [5.41, 5.74) is 0. The van der Waals surface area contributed by atoms with Gasteiger partial charge in [-0.3, -0.25) is 37.3 Å². The minimum absolute atomic E-state index is 0.103. The van der Waals surface area contributed by atoms with Crippen molar-refractivity contribution in [2.45, 2.75) is 316 Å². The molecule has 0 aliphatic carbocycles. The number of rotatable bonds is 60. The summed E-state index contributed by atoms with van der Waals surface area (Å²) in [6.07, 6.45) is 36.6. The first-order valence-corrected chi connectivity index (χ1v) is 34.6. The maximum Gasteiger partial charge on any atom is 0.472 e. The van der Waals surface area contributed by atoms with Crippen LogP contribution in [0.25, 0.3) is 0 Å². The number of aliphatic hydroxyl groups is 1. The molecule has 0 aromatic heterocycles. The number of carbonyl (C=O) groups excluding carboxylic acids is 4. The third kappa shape index (κ3) is 55.0. The zero-order chi connectivity index (χ0) is 58.5. The van der Waals surface area contributed by atoms with Gasteiger partial charge in [-0.05, 0) is 31.6 Å². The van der Waals surface area contributed by atoms with E-state index in [2.05, 4.69) is 34.6 Å². The van der Waals surface area contributed by atoms with Crippen molar-refractivity contribution in [3.05, 3.63) is 0 Å². The summed E-state index contributed by atoms with van der Waals surface area (Å²) in [6, 6.07) is 0. The minimum Gasteiger partial charge on any atom is -0.462 e. The quantitative estimate of drug-likeness (QED) is 0.0222. The first kappa shape index (κ1) is 77.1. The SMILES string of the molecule is CCCCCCCCCCCCCCCCCCC(=O)O[C@H](COC(=O)CCCCCCCCC(C)C)COP(=O)(O)OC[C@@H](O)COP(=O)(O)OC[C@@H](COC(=O)CCCCCCCCC)OC(=O)CCCCCCCCC. The van der Waals surface area contributed by atoms with E-state index in [1.165, 1.54) is 89.9 Å². The van der Waals surface area contributed by atoms with Crippen molar-refractivity contribution in [1.29, 1.82) is 0 Å². The van der Waals surface area contributed by atoms with Crippen molar-refractivity contribution in [3.63, 3.8) is 0 Å². The fourth-order valence-electron chi connectivity index (χ4n) is 8.88. The molecule has 5 atom stereocenters. The van der Waals surface area contributed by atoms with Crippen LogP contribution in [0, 0.1) is 5.92 Å². The summed E-state index contributed by atoms with van der Waals surface area (Å²) >= 11 is 0. The van der Waals surface area contributed by atoms with Gasteiger partial charge in [0.15, 0.2) is 12.2 Å².